The summed E-state index contributed by atoms with van der Waals surface area (Å²) in [6.07, 6.45) is 1.89. The summed E-state index contributed by atoms with van der Waals surface area (Å²) in [5.74, 6) is 0. The summed E-state index contributed by atoms with van der Waals surface area (Å²) in [5, 5.41) is 0. The zero-order valence-corrected chi connectivity index (χ0v) is 9.03. The fourth-order valence-electron chi connectivity index (χ4n) is 1.26. The van der Waals surface area contributed by atoms with Gasteiger partial charge < -0.3 is 0 Å². The topological polar surface area (TPSA) is 38.9 Å². The van der Waals surface area contributed by atoms with E-state index in [1.54, 1.807) is 0 Å². The molecule has 0 fully saturated rings. The average Bonchev–Trinajstić information content (AvgIpc) is 2.53. The van der Waals surface area contributed by atoms with Crippen LogP contribution in [0.4, 0.5) is 4.69 Å². The van der Waals surface area contributed by atoms with Gasteiger partial charge in [-0.3, -0.25) is 0 Å². The molecule has 0 saturated carbocycles. The second-order valence-corrected chi connectivity index (χ2v) is 5.11. The van der Waals surface area contributed by atoms with Crippen molar-refractivity contribution in [2.24, 2.45) is 0 Å². The molecule has 2 N–H and O–H groups in total. The van der Waals surface area contributed by atoms with Gasteiger partial charge >= 0.3 is 82.9 Å². The van der Waals surface area contributed by atoms with Crippen LogP contribution < -0.4 is 5.73 Å². The molecular formula is C10H10N2Se. The number of anilines is 1. The van der Waals surface area contributed by atoms with E-state index in [0.29, 0.717) is 0 Å². The molecule has 1 aromatic carbocycles. The van der Waals surface area contributed by atoms with Gasteiger partial charge in [-0.25, -0.2) is 0 Å². The van der Waals surface area contributed by atoms with Gasteiger partial charge in [0.25, 0.3) is 0 Å². The molecule has 0 spiro atoms. The van der Waals surface area contributed by atoms with Crippen molar-refractivity contribution in [2.45, 2.75) is 6.92 Å². The van der Waals surface area contributed by atoms with E-state index in [4.69, 9.17) is 5.73 Å². The molecule has 0 aliphatic heterocycles. The third-order valence-corrected chi connectivity index (χ3v) is 3.74. The van der Waals surface area contributed by atoms with Gasteiger partial charge in [0.15, 0.2) is 0 Å². The first-order chi connectivity index (χ1) is 6.27. The number of hydrogen-bond donors (Lipinski definition) is 1. The third-order valence-electron chi connectivity index (χ3n) is 1.93. The Morgan fingerprint density at radius 2 is 2.08 bits per heavy atom. The molecule has 0 aliphatic carbocycles. The van der Waals surface area contributed by atoms with Crippen molar-refractivity contribution in [3.8, 4) is 10.0 Å². The van der Waals surface area contributed by atoms with E-state index >= 15 is 0 Å². The molecule has 2 nitrogen and oxygen atoms in total. The van der Waals surface area contributed by atoms with Gasteiger partial charge in [-0.05, 0) is 0 Å². The first-order valence-corrected chi connectivity index (χ1v) is 5.76. The Labute approximate surface area is 83.2 Å². The van der Waals surface area contributed by atoms with Crippen LogP contribution in [-0.4, -0.2) is 19.5 Å². The summed E-state index contributed by atoms with van der Waals surface area (Å²) in [7, 11) is 0. The number of nitrogens with two attached hydrogens (primary N) is 1. The van der Waals surface area contributed by atoms with Crippen LogP contribution in [0.15, 0.2) is 30.5 Å². The van der Waals surface area contributed by atoms with E-state index in [-0.39, 0.29) is 14.5 Å². The molecule has 66 valence electrons. The third kappa shape index (κ3) is 1.67. The number of nitrogens with zero attached hydrogens (tertiary/aromatic N) is 1. The van der Waals surface area contributed by atoms with Gasteiger partial charge in [0.1, 0.15) is 0 Å². The molecular weight excluding hydrogens is 227 g/mol. The summed E-state index contributed by atoms with van der Waals surface area (Å²) < 4.78 is 2.05. The molecule has 0 bridgehead atoms. The summed E-state index contributed by atoms with van der Waals surface area (Å²) in [6, 6.07) is 8.33. The fourth-order valence-corrected chi connectivity index (χ4v) is 2.89. The van der Waals surface area contributed by atoms with Gasteiger partial charge in [0.05, 0.1) is 0 Å². The fraction of sp³-hybridized carbons (Fsp3) is 0.100. The molecule has 1 heterocycles. The average molecular weight is 237 g/mol. The number of nitrogen functional groups attached to an aromatic ring is 1. The zero-order chi connectivity index (χ0) is 9.26. The van der Waals surface area contributed by atoms with Crippen molar-refractivity contribution < 1.29 is 0 Å². The standard InChI is InChI=1S/C10H10N2Se/c1-7-4-2-3-5-8(7)9-6-12-10(11)13-9/h2-6H,1H3,(H2,11,12). The van der Waals surface area contributed by atoms with Crippen molar-refractivity contribution in [1.29, 1.82) is 0 Å². The number of benzene rings is 1. The predicted octanol–water partition coefficient (Wildman–Crippen LogP) is 1.70. The minimum absolute atomic E-state index is 0.228. The molecule has 1 aromatic heterocycles. The van der Waals surface area contributed by atoms with Crippen molar-refractivity contribution in [1.82, 2.24) is 4.98 Å². The Balaban J connectivity index is 2.52. The van der Waals surface area contributed by atoms with Crippen LogP contribution in [0.25, 0.3) is 10.0 Å². The summed E-state index contributed by atoms with van der Waals surface area (Å²) in [5.41, 5.74) is 8.21. The molecule has 0 saturated heterocycles. The van der Waals surface area contributed by atoms with E-state index in [2.05, 4.69) is 24.0 Å². The summed E-state index contributed by atoms with van der Waals surface area (Å²) in [4.78, 5) is 4.10. The van der Waals surface area contributed by atoms with Crippen LogP contribution in [0.2, 0.25) is 0 Å². The maximum atomic E-state index is 5.64. The maximum absolute atomic E-state index is 5.64. The molecule has 2 rings (SSSR count). The van der Waals surface area contributed by atoms with Crippen LogP contribution in [0.5, 0.6) is 0 Å². The van der Waals surface area contributed by atoms with Crippen molar-refractivity contribution in [2.75, 3.05) is 5.73 Å². The molecule has 2 aromatic rings. The number of rotatable bonds is 1. The Kier molecular flexibility index (Phi) is 2.21. The molecule has 3 heteroatoms. The molecule has 0 amide bonds. The van der Waals surface area contributed by atoms with Crippen molar-refractivity contribution in [3.05, 3.63) is 36.0 Å². The summed E-state index contributed by atoms with van der Waals surface area (Å²) >= 11 is 0.228. The van der Waals surface area contributed by atoms with E-state index in [1.807, 2.05) is 18.3 Å². The number of aromatic nitrogens is 1. The van der Waals surface area contributed by atoms with Gasteiger partial charge in [-0.2, -0.15) is 0 Å². The Bertz CT molecular complexity index is 420. The van der Waals surface area contributed by atoms with Crippen LogP contribution >= 0.6 is 0 Å². The molecule has 0 radical (unpaired) electrons. The van der Waals surface area contributed by atoms with Gasteiger partial charge in [-0.1, -0.05) is 0 Å². The first-order valence-electron chi connectivity index (χ1n) is 4.04. The predicted molar refractivity (Wildman–Crippen MR) is 55.8 cm³/mol. The van der Waals surface area contributed by atoms with Gasteiger partial charge in [0.2, 0.25) is 0 Å². The van der Waals surface area contributed by atoms with E-state index in [1.165, 1.54) is 15.6 Å². The SMILES string of the molecule is Cc1ccccc1-c1cnc(N)[se]1. The van der Waals surface area contributed by atoms with E-state index in [9.17, 15) is 0 Å². The minimum atomic E-state index is 0.228. The Morgan fingerprint density at radius 1 is 1.31 bits per heavy atom. The zero-order valence-electron chi connectivity index (χ0n) is 7.32. The van der Waals surface area contributed by atoms with E-state index in [0.717, 1.165) is 4.69 Å². The van der Waals surface area contributed by atoms with Crippen LogP contribution in [0, 0.1) is 6.92 Å². The summed E-state index contributed by atoms with van der Waals surface area (Å²) in [6.45, 7) is 2.11. The second-order valence-electron chi connectivity index (χ2n) is 2.88. The van der Waals surface area contributed by atoms with Crippen LogP contribution in [0.1, 0.15) is 5.56 Å². The molecule has 0 atom stereocenters. The normalized spacial score (nSPS) is 10.2. The van der Waals surface area contributed by atoms with Gasteiger partial charge in [0, 0.05) is 0 Å². The second kappa shape index (κ2) is 3.36. The Morgan fingerprint density at radius 3 is 2.69 bits per heavy atom. The molecule has 0 aliphatic rings. The quantitative estimate of drug-likeness (QED) is 0.766. The van der Waals surface area contributed by atoms with E-state index < -0.39 is 0 Å². The number of aryl methyl sites for hydroxylation is 1. The monoisotopic (exact) mass is 238 g/mol. The number of hydrogen-bond acceptors (Lipinski definition) is 2. The Hall–Kier alpha value is -1.05. The van der Waals surface area contributed by atoms with Crippen molar-refractivity contribution >= 4 is 19.2 Å². The van der Waals surface area contributed by atoms with Crippen molar-refractivity contribution in [3.63, 3.8) is 0 Å². The van der Waals surface area contributed by atoms with Gasteiger partial charge in [-0.15, -0.1) is 0 Å². The molecule has 0 unspecified atom stereocenters. The molecule has 13 heavy (non-hydrogen) atoms. The van der Waals surface area contributed by atoms with Crippen LogP contribution in [0.3, 0.4) is 0 Å². The van der Waals surface area contributed by atoms with Crippen LogP contribution in [-0.2, 0) is 0 Å². The first kappa shape index (κ1) is 8.54.